The van der Waals surface area contributed by atoms with Gasteiger partial charge in [0.05, 0.1) is 12.6 Å². The van der Waals surface area contributed by atoms with Crippen molar-refractivity contribution in [2.24, 2.45) is 0 Å². The molecule has 0 radical (unpaired) electrons. The Morgan fingerprint density at radius 3 is 1.92 bits per heavy atom. The number of piperazine rings is 1. The van der Waals surface area contributed by atoms with Crippen molar-refractivity contribution in [1.82, 2.24) is 4.90 Å². The van der Waals surface area contributed by atoms with E-state index in [4.69, 9.17) is 4.74 Å². The van der Waals surface area contributed by atoms with Crippen LogP contribution in [0.1, 0.15) is 30.3 Å². The normalized spacial score (nSPS) is 28.8. The standard InChI is InChI=1S/C21H26N2O3/c1-21(19(24)17-5-3-4-6-18(17)20(21)25)23-13-11-22(12-14-23)15-7-9-16(26-2)10-8-15/h3-10,19-20,24-25H,11-14H2,1-2H3. The second-order valence-electron chi connectivity index (χ2n) is 7.33. The summed E-state index contributed by atoms with van der Waals surface area (Å²) in [6, 6.07) is 15.8. The van der Waals surface area contributed by atoms with Gasteiger partial charge >= 0.3 is 0 Å². The third-order valence-corrected chi connectivity index (χ3v) is 6.09. The number of nitrogens with zero attached hydrogens (tertiary/aromatic N) is 2. The first-order valence-corrected chi connectivity index (χ1v) is 9.14. The van der Waals surface area contributed by atoms with Gasteiger partial charge in [-0.2, -0.15) is 0 Å². The number of aliphatic hydroxyl groups is 2. The van der Waals surface area contributed by atoms with Gasteiger partial charge in [0, 0.05) is 31.9 Å². The van der Waals surface area contributed by atoms with Crippen LogP contribution in [-0.4, -0.2) is 53.9 Å². The lowest BCUT2D eigenvalue weighted by atomic mass is 9.90. The first-order valence-electron chi connectivity index (χ1n) is 9.14. The van der Waals surface area contributed by atoms with Gasteiger partial charge < -0.3 is 19.8 Å². The van der Waals surface area contributed by atoms with Crippen LogP contribution in [0.5, 0.6) is 5.75 Å². The van der Waals surface area contributed by atoms with Gasteiger partial charge in [-0.1, -0.05) is 24.3 Å². The van der Waals surface area contributed by atoms with Crippen molar-refractivity contribution in [2.45, 2.75) is 24.7 Å². The van der Waals surface area contributed by atoms with Crippen LogP contribution in [0.15, 0.2) is 48.5 Å². The molecule has 0 aromatic heterocycles. The zero-order valence-corrected chi connectivity index (χ0v) is 15.3. The van der Waals surface area contributed by atoms with Crippen LogP contribution in [0.3, 0.4) is 0 Å². The Labute approximate surface area is 154 Å². The minimum atomic E-state index is -0.685. The lowest BCUT2D eigenvalue weighted by Gasteiger charge is -2.47. The van der Waals surface area contributed by atoms with Gasteiger partial charge in [0.15, 0.2) is 0 Å². The van der Waals surface area contributed by atoms with Crippen molar-refractivity contribution in [2.75, 3.05) is 38.2 Å². The van der Waals surface area contributed by atoms with Gasteiger partial charge in [-0.25, -0.2) is 0 Å². The van der Waals surface area contributed by atoms with Crippen LogP contribution < -0.4 is 9.64 Å². The predicted molar refractivity (Wildman–Crippen MR) is 102 cm³/mol. The first-order chi connectivity index (χ1) is 12.6. The van der Waals surface area contributed by atoms with Crippen molar-refractivity contribution >= 4 is 5.69 Å². The van der Waals surface area contributed by atoms with Crippen molar-refractivity contribution in [3.63, 3.8) is 0 Å². The highest BCUT2D eigenvalue weighted by Gasteiger charge is 2.52. The smallest absolute Gasteiger partial charge is 0.119 e. The topological polar surface area (TPSA) is 56.2 Å². The minimum Gasteiger partial charge on any atom is -0.497 e. The summed E-state index contributed by atoms with van der Waals surface area (Å²) < 4.78 is 5.23. The summed E-state index contributed by atoms with van der Waals surface area (Å²) in [6.07, 6.45) is -1.36. The van der Waals surface area contributed by atoms with Gasteiger partial charge in [0.25, 0.3) is 0 Å². The lowest BCUT2D eigenvalue weighted by molar-refractivity contribution is -0.0848. The molecule has 2 aromatic rings. The van der Waals surface area contributed by atoms with E-state index in [0.29, 0.717) is 0 Å². The number of methoxy groups -OCH3 is 1. The van der Waals surface area contributed by atoms with Crippen LogP contribution in [0, 0.1) is 0 Å². The fraction of sp³-hybridized carbons (Fsp3) is 0.429. The number of aliphatic hydroxyl groups excluding tert-OH is 2. The molecular weight excluding hydrogens is 328 g/mol. The van der Waals surface area contributed by atoms with E-state index in [1.807, 2.05) is 43.3 Å². The molecular formula is C21H26N2O3. The monoisotopic (exact) mass is 354 g/mol. The molecule has 0 bridgehead atoms. The summed E-state index contributed by atoms with van der Waals surface area (Å²) in [6.45, 7) is 5.29. The van der Waals surface area contributed by atoms with Crippen LogP contribution in [0.25, 0.3) is 0 Å². The largest absolute Gasteiger partial charge is 0.497 e. The number of benzene rings is 2. The molecule has 5 heteroatoms. The Morgan fingerprint density at radius 2 is 1.42 bits per heavy atom. The van der Waals surface area contributed by atoms with Crippen LogP contribution in [0.4, 0.5) is 5.69 Å². The second-order valence-corrected chi connectivity index (χ2v) is 7.33. The third kappa shape index (κ3) is 2.58. The van der Waals surface area contributed by atoms with E-state index in [1.165, 1.54) is 5.69 Å². The van der Waals surface area contributed by atoms with Gasteiger partial charge in [0.2, 0.25) is 0 Å². The molecule has 138 valence electrons. The Morgan fingerprint density at radius 1 is 0.885 bits per heavy atom. The summed E-state index contributed by atoms with van der Waals surface area (Å²) in [7, 11) is 1.67. The first kappa shape index (κ1) is 17.3. The van der Waals surface area contributed by atoms with Crippen molar-refractivity contribution < 1.29 is 14.9 Å². The SMILES string of the molecule is COc1ccc(N2CCN(C3(C)C(O)c4ccccc4C3O)CC2)cc1. The maximum Gasteiger partial charge on any atom is 0.119 e. The number of rotatable bonds is 3. The molecule has 0 saturated carbocycles. The Hall–Kier alpha value is -2.08. The summed E-state index contributed by atoms with van der Waals surface area (Å²) in [5.41, 5.74) is 2.18. The molecule has 2 aliphatic rings. The predicted octanol–water partition coefficient (Wildman–Crippen LogP) is 2.36. The Balaban J connectivity index is 1.49. The molecule has 1 heterocycles. The number of fused-ring (bicyclic) bond motifs is 1. The van der Waals surface area contributed by atoms with Crippen LogP contribution >= 0.6 is 0 Å². The molecule has 0 spiro atoms. The highest BCUT2D eigenvalue weighted by molar-refractivity contribution is 5.49. The average Bonchev–Trinajstić information content (AvgIpc) is 2.91. The molecule has 5 nitrogen and oxygen atoms in total. The molecule has 1 aliphatic heterocycles. The fourth-order valence-corrected chi connectivity index (χ4v) is 4.37. The number of ether oxygens (including phenoxy) is 1. The molecule has 1 aliphatic carbocycles. The molecule has 4 rings (SSSR count). The summed E-state index contributed by atoms with van der Waals surface area (Å²) >= 11 is 0. The Bertz CT molecular complexity index is 740. The number of hydrogen-bond acceptors (Lipinski definition) is 5. The van der Waals surface area contributed by atoms with E-state index in [-0.39, 0.29) is 0 Å². The van der Waals surface area contributed by atoms with Crippen LogP contribution in [-0.2, 0) is 0 Å². The van der Waals surface area contributed by atoms with E-state index in [0.717, 1.165) is 43.1 Å². The molecule has 2 N–H and O–H groups in total. The van der Waals surface area contributed by atoms with Gasteiger partial charge in [0.1, 0.15) is 18.0 Å². The quantitative estimate of drug-likeness (QED) is 0.886. The fourth-order valence-electron chi connectivity index (χ4n) is 4.37. The van der Waals surface area contributed by atoms with E-state index < -0.39 is 17.7 Å². The molecule has 1 saturated heterocycles. The maximum absolute atomic E-state index is 10.9. The van der Waals surface area contributed by atoms with Crippen LogP contribution in [0.2, 0.25) is 0 Å². The third-order valence-electron chi connectivity index (χ3n) is 6.09. The maximum atomic E-state index is 10.9. The number of anilines is 1. The molecule has 2 atom stereocenters. The zero-order valence-electron chi connectivity index (χ0n) is 15.3. The molecule has 26 heavy (non-hydrogen) atoms. The lowest BCUT2D eigenvalue weighted by Crippen LogP contribution is -2.59. The molecule has 0 amide bonds. The highest BCUT2D eigenvalue weighted by Crippen LogP contribution is 2.50. The van der Waals surface area contributed by atoms with Crippen molar-refractivity contribution in [1.29, 1.82) is 0 Å². The summed E-state index contributed by atoms with van der Waals surface area (Å²) in [4.78, 5) is 4.57. The van der Waals surface area contributed by atoms with Crippen molar-refractivity contribution in [3.8, 4) is 5.75 Å². The van der Waals surface area contributed by atoms with E-state index >= 15 is 0 Å². The Kier molecular flexibility index (Phi) is 4.39. The molecule has 2 aromatic carbocycles. The second kappa shape index (κ2) is 6.58. The summed E-state index contributed by atoms with van der Waals surface area (Å²) in [5.74, 6) is 0.856. The van der Waals surface area contributed by atoms with Crippen molar-refractivity contribution in [3.05, 3.63) is 59.7 Å². The van der Waals surface area contributed by atoms with E-state index in [9.17, 15) is 10.2 Å². The summed E-state index contributed by atoms with van der Waals surface area (Å²) in [5, 5.41) is 21.9. The molecule has 2 unspecified atom stereocenters. The minimum absolute atomic E-state index is 0.679. The zero-order chi connectivity index (χ0) is 18.3. The van der Waals surface area contributed by atoms with Gasteiger partial charge in [-0.3, -0.25) is 4.90 Å². The van der Waals surface area contributed by atoms with E-state index in [2.05, 4.69) is 21.9 Å². The van der Waals surface area contributed by atoms with Gasteiger partial charge in [-0.15, -0.1) is 0 Å². The highest BCUT2D eigenvalue weighted by atomic mass is 16.5. The van der Waals surface area contributed by atoms with E-state index in [1.54, 1.807) is 7.11 Å². The average molecular weight is 354 g/mol. The molecule has 1 fully saturated rings. The number of hydrogen-bond donors (Lipinski definition) is 2. The van der Waals surface area contributed by atoms with Gasteiger partial charge in [-0.05, 0) is 42.3 Å².